The molecule has 3 aromatic heterocycles. The van der Waals surface area contributed by atoms with Crippen LogP contribution in [0.25, 0.3) is 10.7 Å². The third-order valence-electron chi connectivity index (χ3n) is 3.99. The lowest BCUT2D eigenvalue weighted by Gasteiger charge is -2.03. The molecule has 0 aliphatic rings. The van der Waals surface area contributed by atoms with Crippen LogP contribution in [0.15, 0.2) is 54.0 Å². The molecule has 0 spiro atoms. The highest BCUT2D eigenvalue weighted by molar-refractivity contribution is 7.17. The van der Waals surface area contributed by atoms with Gasteiger partial charge in [0.1, 0.15) is 39.7 Å². The molecule has 0 atom stereocenters. The zero-order chi connectivity index (χ0) is 20.9. The molecule has 1 aromatic carbocycles. The summed E-state index contributed by atoms with van der Waals surface area (Å²) in [7, 11) is 0. The first-order valence-electron chi connectivity index (χ1n) is 8.96. The Morgan fingerprint density at radius 3 is 2.70 bits per heavy atom. The number of rotatable bonds is 7. The lowest BCUT2D eigenvalue weighted by molar-refractivity contribution is 0.0473. The molecule has 4 aromatic rings. The minimum Gasteiger partial charge on any atom is -0.486 e. The van der Waals surface area contributed by atoms with Crippen LogP contribution in [0, 0.1) is 12.7 Å². The maximum atomic E-state index is 12.9. The standard InChI is InChI=1S/C21H16FN3O3S2/c1-13-19(30-20(24-13)17-4-2-3-9-23-17)21(26)28-10-15-12-29-18(25-15)11-27-16-7-5-14(22)6-8-16/h2-9,12H,10-11H2,1H3. The molecule has 0 saturated heterocycles. The number of aryl methyl sites for hydroxylation is 1. The first-order valence-corrected chi connectivity index (χ1v) is 10.7. The number of pyridine rings is 1. The summed E-state index contributed by atoms with van der Waals surface area (Å²) in [6, 6.07) is 11.3. The van der Waals surface area contributed by atoms with Gasteiger partial charge in [-0.3, -0.25) is 4.98 Å². The third kappa shape index (κ3) is 4.87. The summed E-state index contributed by atoms with van der Waals surface area (Å²) in [5, 5.41) is 3.22. The number of ether oxygens (including phenoxy) is 2. The van der Waals surface area contributed by atoms with Crippen molar-refractivity contribution < 1.29 is 18.7 Å². The van der Waals surface area contributed by atoms with Crippen LogP contribution in [0.1, 0.15) is 26.1 Å². The molecule has 3 heterocycles. The number of hydrogen-bond donors (Lipinski definition) is 0. The molecule has 0 amide bonds. The van der Waals surface area contributed by atoms with E-state index < -0.39 is 5.97 Å². The predicted octanol–water partition coefficient (Wildman–Crippen LogP) is 5.05. The molecule has 0 unspecified atom stereocenters. The van der Waals surface area contributed by atoms with Gasteiger partial charge >= 0.3 is 5.97 Å². The summed E-state index contributed by atoms with van der Waals surface area (Å²) >= 11 is 2.66. The monoisotopic (exact) mass is 441 g/mol. The van der Waals surface area contributed by atoms with Crippen molar-refractivity contribution in [2.45, 2.75) is 20.1 Å². The largest absolute Gasteiger partial charge is 0.486 e. The maximum absolute atomic E-state index is 12.9. The summed E-state index contributed by atoms with van der Waals surface area (Å²) in [6.07, 6.45) is 1.68. The fourth-order valence-electron chi connectivity index (χ4n) is 2.55. The van der Waals surface area contributed by atoms with Crippen molar-refractivity contribution in [3.8, 4) is 16.5 Å². The summed E-state index contributed by atoms with van der Waals surface area (Å²) < 4.78 is 23.9. The zero-order valence-corrected chi connectivity index (χ0v) is 17.5. The molecular formula is C21H16FN3O3S2. The molecule has 0 bridgehead atoms. The predicted molar refractivity (Wildman–Crippen MR) is 112 cm³/mol. The van der Waals surface area contributed by atoms with E-state index in [2.05, 4.69) is 15.0 Å². The number of aromatic nitrogens is 3. The lowest BCUT2D eigenvalue weighted by Crippen LogP contribution is -2.05. The molecule has 0 radical (unpaired) electrons. The Morgan fingerprint density at radius 1 is 1.10 bits per heavy atom. The van der Waals surface area contributed by atoms with Crippen LogP contribution < -0.4 is 4.74 Å². The smallest absolute Gasteiger partial charge is 0.350 e. The van der Waals surface area contributed by atoms with E-state index in [9.17, 15) is 9.18 Å². The van der Waals surface area contributed by atoms with Crippen molar-refractivity contribution in [2.24, 2.45) is 0 Å². The van der Waals surface area contributed by atoms with Gasteiger partial charge in [-0.25, -0.2) is 19.2 Å². The highest BCUT2D eigenvalue weighted by atomic mass is 32.1. The number of nitrogens with zero attached hydrogens (tertiary/aromatic N) is 3. The van der Waals surface area contributed by atoms with Crippen LogP contribution in [0.2, 0.25) is 0 Å². The summed E-state index contributed by atoms with van der Waals surface area (Å²) in [5.41, 5.74) is 1.96. The number of esters is 1. The quantitative estimate of drug-likeness (QED) is 0.374. The van der Waals surface area contributed by atoms with Crippen LogP contribution in [-0.4, -0.2) is 20.9 Å². The van der Waals surface area contributed by atoms with Gasteiger partial charge in [0.15, 0.2) is 0 Å². The Morgan fingerprint density at radius 2 is 1.93 bits per heavy atom. The van der Waals surface area contributed by atoms with Crippen molar-refractivity contribution in [2.75, 3.05) is 0 Å². The second-order valence-corrected chi connectivity index (χ2v) is 8.14. The molecule has 0 saturated carbocycles. The number of benzene rings is 1. The normalized spacial score (nSPS) is 10.7. The van der Waals surface area contributed by atoms with Crippen molar-refractivity contribution >= 4 is 28.6 Å². The van der Waals surface area contributed by atoms with Gasteiger partial charge in [0.25, 0.3) is 0 Å². The number of thiazole rings is 2. The van der Waals surface area contributed by atoms with Crippen LogP contribution in [0.3, 0.4) is 0 Å². The van der Waals surface area contributed by atoms with E-state index in [-0.39, 0.29) is 19.0 Å². The van der Waals surface area contributed by atoms with Gasteiger partial charge < -0.3 is 9.47 Å². The van der Waals surface area contributed by atoms with E-state index in [0.717, 1.165) is 10.7 Å². The molecular weight excluding hydrogens is 425 g/mol. The van der Waals surface area contributed by atoms with Gasteiger partial charge in [0, 0.05) is 11.6 Å². The van der Waals surface area contributed by atoms with E-state index >= 15 is 0 Å². The SMILES string of the molecule is Cc1nc(-c2ccccn2)sc1C(=O)OCc1csc(COc2ccc(F)cc2)n1. The Labute approximate surface area is 180 Å². The van der Waals surface area contributed by atoms with Gasteiger partial charge in [-0.1, -0.05) is 6.07 Å². The molecule has 0 fully saturated rings. The number of carbonyl (C=O) groups is 1. The minimum absolute atomic E-state index is 0.0577. The summed E-state index contributed by atoms with van der Waals surface area (Å²) in [5.74, 6) is -0.197. The topological polar surface area (TPSA) is 74.2 Å². The van der Waals surface area contributed by atoms with E-state index in [0.29, 0.717) is 27.0 Å². The highest BCUT2D eigenvalue weighted by Crippen LogP contribution is 2.27. The lowest BCUT2D eigenvalue weighted by atomic mass is 10.3. The fourth-order valence-corrected chi connectivity index (χ4v) is 4.17. The zero-order valence-electron chi connectivity index (χ0n) is 15.9. The van der Waals surface area contributed by atoms with Gasteiger partial charge in [-0.2, -0.15) is 0 Å². The van der Waals surface area contributed by atoms with Gasteiger partial charge in [-0.15, -0.1) is 22.7 Å². The van der Waals surface area contributed by atoms with Crippen LogP contribution >= 0.6 is 22.7 Å². The second-order valence-electron chi connectivity index (χ2n) is 6.20. The summed E-state index contributed by atoms with van der Waals surface area (Å²) in [4.78, 5) is 26.0. The Balaban J connectivity index is 1.33. The van der Waals surface area contributed by atoms with Crippen LogP contribution in [0.4, 0.5) is 4.39 Å². The van der Waals surface area contributed by atoms with Gasteiger partial charge in [0.2, 0.25) is 0 Å². The molecule has 30 heavy (non-hydrogen) atoms. The molecule has 6 nitrogen and oxygen atoms in total. The second kappa shape index (κ2) is 9.10. The van der Waals surface area contributed by atoms with Gasteiger partial charge in [0.05, 0.1) is 17.1 Å². The first-order chi connectivity index (χ1) is 14.6. The number of carbonyl (C=O) groups excluding carboxylic acids is 1. The fraction of sp³-hybridized carbons (Fsp3) is 0.143. The Bertz CT molecular complexity index is 1140. The average Bonchev–Trinajstić information content (AvgIpc) is 3.39. The Hall–Kier alpha value is -3.17. The maximum Gasteiger partial charge on any atom is 0.350 e. The van der Waals surface area contributed by atoms with Gasteiger partial charge in [-0.05, 0) is 43.3 Å². The molecule has 9 heteroatoms. The first kappa shape index (κ1) is 20.1. The van der Waals surface area contributed by atoms with Crippen molar-refractivity contribution in [3.05, 3.63) is 81.1 Å². The van der Waals surface area contributed by atoms with E-state index in [1.54, 1.807) is 25.3 Å². The third-order valence-corrected chi connectivity index (χ3v) is 6.02. The summed E-state index contributed by atoms with van der Waals surface area (Å²) in [6.45, 7) is 2.08. The van der Waals surface area contributed by atoms with Crippen LogP contribution in [-0.2, 0) is 18.0 Å². The molecule has 0 aliphatic heterocycles. The molecule has 152 valence electrons. The van der Waals surface area contributed by atoms with E-state index in [1.165, 1.54) is 34.8 Å². The Kier molecular flexibility index (Phi) is 6.10. The number of hydrogen-bond acceptors (Lipinski definition) is 8. The van der Waals surface area contributed by atoms with E-state index in [1.807, 2.05) is 23.6 Å². The molecule has 4 rings (SSSR count). The van der Waals surface area contributed by atoms with Crippen molar-refractivity contribution in [1.29, 1.82) is 0 Å². The minimum atomic E-state index is -0.440. The molecule has 0 N–H and O–H groups in total. The average molecular weight is 442 g/mol. The number of halogens is 1. The highest BCUT2D eigenvalue weighted by Gasteiger charge is 2.18. The molecule has 0 aliphatic carbocycles. The van der Waals surface area contributed by atoms with Crippen LogP contribution in [0.5, 0.6) is 5.75 Å². The van der Waals surface area contributed by atoms with Crippen molar-refractivity contribution in [1.82, 2.24) is 15.0 Å². The van der Waals surface area contributed by atoms with E-state index in [4.69, 9.17) is 9.47 Å². The van der Waals surface area contributed by atoms with Crippen molar-refractivity contribution in [3.63, 3.8) is 0 Å².